The average Bonchev–Trinajstić information content (AvgIpc) is 2.60. The van der Waals surface area contributed by atoms with Gasteiger partial charge < -0.3 is 4.74 Å². The molecule has 0 radical (unpaired) electrons. The van der Waals surface area contributed by atoms with Gasteiger partial charge in [0.1, 0.15) is 11.3 Å². The highest BCUT2D eigenvalue weighted by Crippen LogP contribution is 2.21. The number of amides is 4. The molecular weight excluding hydrogens is 310 g/mol. The molecule has 7 heteroatoms. The maximum Gasteiger partial charge on any atom is 0.335 e. The van der Waals surface area contributed by atoms with E-state index in [9.17, 15) is 14.4 Å². The van der Waals surface area contributed by atoms with Crippen LogP contribution in [0.2, 0.25) is 0 Å². The summed E-state index contributed by atoms with van der Waals surface area (Å²) in [5, 5.41) is 2.16. The number of rotatable bonds is 3. The number of aromatic nitrogens is 1. The third-order valence-corrected chi connectivity index (χ3v) is 3.45. The van der Waals surface area contributed by atoms with Gasteiger partial charge in [0.25, 0.3) is 11.8 Å². The fraction of sp³-hybridized carbons (Fsp3) is 0.0588. The van der Waals surface area contributed by atoms with Gasteiger partial charge in [-0.2, -0.15) is 0 Å². The quantitative estimate of drug-likeness (QED) is 0.687. The molecule has 1 aliphatic heterocycles. The van der Waals surface area contributed by atoms with Crippen molar-refractivity contribution in [3.05, 3.63) is 59.9 Å². The zero-order valence-corrected chi connectivity index (χ0v) is 12.7. The third-order valence-electron chi connectivity index (χ3n) is 3.45. The van der Waals surface area contributed by atoms with Crippen LogP contribution in [0.4, 0.5) is 10.5 Å². The summed E-state index contributed by atoms with van der Waals surface area (Å²) in [6.45, 7) is 0. The van der Waals surface area contributed by atoms with Crippen LogP contribution in [-0.4, -0.2) is 29.9 Å². The Kier molecular flexibility index (Phi) is 4.07. The number of anilines is 1. The lowest BCUT2D eigenvalue weighted by atomic mass is 10.1. The smallest absolute Gasteiger partial charge is 0.335 e. The molecule has 3 rings (SSSR count). The summed E-state index contributed by atoms with van der Waals surface area (Å²) in [5.74, 6) is -0.762. The lowest BCUT2D eigenvalue weighted by molar-refractivity contribution is -0.122. The Balaban J connectivity index is 1.97. The molecule has 0 saturated carbocycles. The molecular formula is C17H13N3O4. The van der Waals surface area contributed by atoms with Gasteiger partial charge in [-0.25, -0.2) is 9.69 Å². The number of ether oxygens (including phenoxy) is 1. The molecule has 120 valence electrons. The predicted octanol–water partition coefficient (Wildman–Crippen LogP) is 1.76. The van der Waals surface area contributed by atoms with Gasteiger partial charge in [-0.15, -0.1) is 0 Å². The van der Waals surface area contributed by atoms with E-state index >= 15 is 0 Å². The summed E-state index contributed by atoms with van der Waals surface area (Å²) in [6, 6.07) is 9.07. The number of urea groups is 1. The summed E-state index contributed by atoms with van der Waals surface area (Å²) in [6.07, 6.45) is 4.34. The number of nitrogens with one attached hydrogen (secondary N) is 1. The number of imide groups is 2. The van der Waals surface area contributed by atoms with Crippen LogP contribution in [0, 0.1) is 0 Å². The molecule has 2 heterocycles. The first-order valence-electron chi connectivity index (χ1n) is 7.05. The number of hydrogen-bond acceptors (Lipinski definition) is 5. The molecule has 1 saturated heterocycles. The Hall–Kier alpha value is -3.48. The second-order valence-electron chi connectivity index (χ2n) is 4.94. The normalized spacial score (nSPS) is 16.3. The van der Waals surface area contributed by atoms with E-state index in [4.69, 9.17) is 4.74 Å². The SMILES string of the molecule is COc1ccc(/C=C2\C(=O)NC(=O)N(c3ccncc3)C2=O)cc1. The molecule has 4 amide bonds. The van der Waals surface area contributed by atoms with E-state index in [2.05, 4.69) is 10.3 Å². The van der Waals surface area contributed by atoms with Crippen LogP contribution in [0.25, 0.3) is 6.08 Å². The van der Waals surface area contributed by atoms with Crippen LogP contribution in [0.15, 0.2) is 54.4 Å². The molecule has 0 aliphatic carbocycles. The number of nitrogens with zero attached hydrogens (tertiary/aromatic N) is 2. The first kappa shape index (κ1) is 15.4. The fourth-order valence-electron chi connectivity index (χ4n) is 2.25. The Morgan fingerprint density at radius 1 is 1.04 bits per heavy atom. The minimum absolute atomic E-state index is 0.128. The van der Waals surface area contributed by atoms with E-state index in [0.29, 0.717) is 17.0 Å². The molecule has 1 aromatic heterocycles. The van der Waals surface area contributed by atoms with Crippen molar-refractivity contribution in [2.45, 2.75) is 0 Å². The Bertz CT molecular complexity index is 829. The number of barbiturate groups is 1. The Morgan fingerprint density at radius 2 is 1.71 bits per heavy atom. The largest absolute Gasteiger partial charge is 0.497 e. The number of hydrogen-bond donors (Lipinski definition) is 1. The van der Waals surface area contributed by atoms with Crippen LogP contribution in [-0.2, 0) is 9.59 Å². The lowest BCUT2D eigenvalue weighted by Gasteiger charge is -2.26. The second kappa shape index (κ2) is 6.33. The zero-order chi connectivity index (χ0) is 17.1. The number of methoxy groups -OCH3 is 1. The Labute approximate surface area is 137 Å². The van der Waals surface area contributed by atoms with Gasteiger partial charge in [0.05, 0.1) is 12.8 Å². The molecule has 1 aromatic carbocycles. The van der Waals surface area contributed by atoms with Crippen molar-refractivity contribution in [3.8, 4) is 5.75 Å². The van der Waals surface area contributed by atoms with E-state index in [1.165, 1.54) is 30.6 Å². The highest BCUT2D eigenvalue weighted by atomic mass is 16.5. The molecule has 24 heavy (non-hydrogen) atoms. The van der Waals surface area contributed by atoms with Gasteiger partial charge in [-0.1, -0.05) is 12.1 Å². The highest BCUT2D eigenvalue weighted by Gasteiger charge is 2.36. The molecule has 0 unspecified atom stereocenters. The zero-order valence-electron chi connectivity index (χ0n) is 12.7. The molecule has 0 spiro atoms. The van der Waals surface area contributed by atoms with Gasteiger partial charge in [0.2, 0.25) is 0 Å². The molecule has 1 aliphatic rings. The van der Waals surface area contributed by atoms with Crippen molar-refractivity contribution in [1.82, 2.24) is 10.3 Å². The van der Waals surface area contributed by atoms with Crippen molar-refractivity contribution in [1.29, 1.82) is 0 Å². The number of carbonyl (C=O) groups excluding carboxylic acids is 3. The second-order valence-corrected chi connectivity index (χ2v) is 4.94. The number of pyridine rings is 1. The van der Waals surface area contributed by atoms with E-state index in [-0.39, 0.29) is 5.57 Å². The third kappa shape index (κ3) is 2.87. The highest BCUT2D eigenvalue weighted by molar-refractivity contribution is 6.39. The van der Waals surface area contributed by atoms with Crippen LogP contribution < -0.4 is 15.0 Å². The summed E-state index contributed by atoms with van der Waals surface area (Å²) in [4.78, 5) is 41.4. The maximum absolute atomic E-state index is 12.6. The molecule has 1 N–H and O–H groups in total. The number of benzene rings is 1. The van der Waals surface area contributed by atoms with Crippen molar-refractivity contribution in [2.24, 2.45) is 0 Å². The van der Waals surface area contributed by atoms with Crippen LogP contribution in [0.3, 0.4) is 0 Å². The first-order chi connectivity index (χ1) is 11.6. The molecule has 2 aromatic rings. The number of carbonyl (C=O) groups is 3. The van der Waals surface area contributed by atoms with Gasteiger partial charge in [0, 0.05) is 12.4 Å². The van der Waals surface area contributed by atoms with Crippen molar-refractivity contribution in [3.63, 3.8) is 0 Å². The minimum atomic E-state index is -0.789. The topological polar surface area (TPSA) is 88.6 Å². The minimum Gasteiger partial charge on any atom is -0.497 e. The summed E-state index contributed by atoms with van der Waals surface area (Å²) in [5.41, 5.74) is 0.843. The molecule has 0 bridgehead atoms. The summed E-state index contributed by atoms with van der Waals surface area (Å²) >= 11 is 0. The van der Waals surface area contributed by atoms with E-state index in [1.54, 1.807) is 31.4 Å². The van der Waals surface area contributed by atoms with E-state index in [0.717, 1.165) is 4.90 Å². The maximum atomic E-state index is 12.6. The van der Waals surface area contributed by atoms with Crippen LogP contribution >= 0.6 is 0 Å². The first-order valence-corrected chi connectivity index (χ1v) is 7.05. The Morgan fingerprint density at radius 3 is 2.33 bits per heavy atom. The average molecular weight is 323 g/mol. The van der Waals surface area contributed by atoms with Gasteiger partial charge in [-0.3, -0.25) is 19.9 Å². The van der Waals surface area contributed by atoms with Crippen molar-refractivity contribution >= 4 is 29.6 Å². The van der Waals surface area contributed by atoms with Crippen LogP contribution in [0.1, 0.15) is 5.56 Å². The van der Waals surface area contributed by atoms with Gasteiger partial charge in [0.15, 0.2) is 0 Å². The van der Waals surface area contributed by atoms with E-state index in [1.807, 2.05) is 0 Å². The molecule has 1 fully saturated rings. The van der Waals surface area contributed by atoms with E-state index < -0.39 is 17.8 Å². The van der Waals surface area contributed by atoms with Crippen molar-refractivity contribution < 1.29 is 19.1 Å². The predicted molar refractivity (Wildman–Crippen MR) is 86.2 cm³/mol. The fourth-order valence-corrected chi connectivity index (χ4v) is 2.25. The van der Waals surface area contributed by atoms with Crippen molar-refractivity contribution in [2.75, 3.05) is 12.0 Å². The molecule has 0 atom stereocenters. The lowest BCUT2D eigenvalue weighted by Crippen LogP contribution is -2.54. The van der Waals surface area contributed by atoms with Crippen LogP contribution in [0.5, 0.6) is 5.75 Å². The van der Waals surface area contributed by atoms with Gasteiger partial charge in [-0.05, 0) is 35.9 Å². The monoisotopic (exact) mass is 323 g/mol. The molecule has 7 nitrogen and oxygen atoms in total. The summed E-state index contributed by atoms with van der Waals surface area (Å²) in [7, 11) is 1.55. The van der Waals surface area contributed by atoms with Gasteiger partial charge >= 0.3 is 6.03 Å². The summed E-state index contributed by atoms with van der Waals surface area (Å²) < 4.78 is 5.06. The standard InChI is InChI=1S/C17H13N3O4/c1-24-13-4-2-11(3-5-13)10-14-15(21)19-17(23)20(16(14)22)12-6-8-18-9-7-12/h2-10H,1H3,(H,19,21,23)/b14-10+.